The maximum absolute atomic E-state index is 3.70. The third kappa shape index (κ3) is 3.02. The molecule has 0 aliphatic heterocycles. The molecule has 0 aromatic heterocycles. The molecule has 0 spiro atoms. The molecule has 1 aromatic carbocycles. The summed E-state index contributed by atoms with van der Waals surface area (Å²) in [5.74, 6) is 0.774. The summed E-state index contributed by atoms with van der Waals surface area (Å²) in [6.45, 7) is 9.33. The van der Waals surface area contributed by atoms with Crippen molar-refractivity contribution in [1.29, 1.82) is 0 Å². The molecule has 1 aliphatic carbocycles. The van der Waals surface area contributed by atoms with Gasteiger partial charge in [-0.1, -0.05) is 39.8 Å². The highest BCUT2D eigenvalue weighted by atomic mass is 14.9. The average molecular weight is 231 g/mol. The van der Waals surface area contributed by atoms with Crippen LogP contribution in [0.4, 0.5) is 5.69 Å². The lowest BCUT2D eigenvalue weighted by Gasteiger charge is -2.20. The number of rotatable bonds is 3. The van der Waals surface area contributed by atoms with Gasteiger partial charge in [-0.05, 0) is 48.3 Å². The van der Waals surface area contributed by atoms with E-state index in [4.69, 9.17) is 0 Å². The Morgan fingerprint density at radius 1 is 1.18 bits per heavy atom. The number of benzene rings is 1. The van der Waals surface area contributed by atoms with E-state index in [-0.39, 0.29) is 0 Å². The van der Waals surface area contributed by atoms with Gasteiger partial charge in [0.05, 0.1) is 0 Å². The monoisotopic (exact) mass is 231 g/mol. The van der Waals surface area contributed by atoms with Crippen LogP contribution in [0.2, 0.25) is 0 Å². The SMILES string of the molecule is CCc1ccc(NC2CC(C)(C)CC2C)cc1. The molecule has 1 fully saturated rings. The second-order valence-corrected chi connectivity index (χ2v) is 6.35. The van der Waals surface area contributed by atoms with Gasteiger partial charge in [0.25, 0.3) is 0 Å². The quantitative estimate of drug-likeness (QED) is 0.808. The summed E-state index contributed by atoms with van der Waals surface area (Å²) >= 11 is 0. The molecule has 2 atom stereocenters. The zero-order chi connectivity index (χ0) is 12.5. The summed E-state index contributed by atoms with van der Waals surface area (Å²) in [4.78, 5) is 0. The standard InChI is InChI=1S/C16H25N/c1-5-13-6-8-14(9-7-13)17-15-11-16(3,4)10-12(15)2/h6-9,12,15,17H,5,10-11H2,1-4H3. The van der Waals surface area contributed by atoms with Crippen LogP contribution in [0.5, 0.6) is 0 Å². The van der Waals surface area contributed by atoms with Crippen molar-refractivity contribution in [3.63, 3.8) is 0 Å². The van der Waals surface area contributed by atoms with Crippen molar-refractivity contribution in [3.05, 3.63) is 29.8 Å². The molecular formula is C16H25N. The van der Waals surface area contributed by atoms with Crippen molar-refractivity contribution in [3.8, 4) is 0 Å². The second kappa shape index (κ2) is 4.72. The van der Waals surface area contributed by atoms with Crippen molar-refractivity contribution in [2.24, 2.45) is 11.3 Å². The van der Waals surface area contributed by atoms with Crippen molar-refractivity contribution >= 4 is 5.69 Å². The lowest BCUT2D eigenvalue weighted by Crippen LogP contribution is -2.22. The molecule has 2 unspecified atom stereocenters. The van der Waals surface area contributed by atoms with Crippen LogP contribution >= 0.6 is 0 Å². The minimum atomic E-state index is 0.500. The van der Waals surface area contributed by atoms with Crippen molar-refractivity contribution < 1.29 is 0 Å². The smallest absolute Gasteiger partial charge is 0.0342 e. The van der Waals surface area contributed by atoms with E-state index < -0.39 is 0 Å². The van der Waals surface area contributed by atoms with Crippen LogP contribution in [0.3, 0.4) is 0 Å². The molecule has 0 radical (unpaired) electrons. The maximum Gasteiger partial charge on any atom is 0.0342 e. The van der Waals surface area contributed by atoms with Gasteiger partial charge in [0, 0.05) is 11.7 Å². The number of aryl methyl sites for hydroxylation is 1. The molecule has 17 heavy (non-hydrogen) atoms. The van der Waals surface area contributed by atoms with Crippen LogP contribution in [0, 0.1) is 11.3 Å². The first kappa shape index (κ1) is 12.5. The molecule has 94 valence electrons. The predicted molar refractivity (Wildman–Crippen MR) is 75.4 cm³/mol. The zero-order valence-corrected chi connectivity index (χ0v) is 11.6. The average Bonchev–Trinajstić information content (AvgIpc) is 2.53. The number of hydrogen-bond acceptors (Lipinski definition) is 1. The minimum Gasteiger partial charge on any atom is -0.382 e. The van der Waals surface area contributed by atoms with Gasteiger partial charge in [0.2, 0.25) is 0 Å². The molecule has 1 nitrogen and oxygen atoms in total. The Morgan fingerprint density at radius 2 is 1.82 bits per heavy atom. The van der Waals surface area contributed by atoms with Gasteiger partial charge in [-0.3, -0.25) is 0 Å². The van der Waals surface area contributed by atoms with E-state index in [1.165, 1.54) is 24.1 Å². The van der Waals surface area contributed by atoms with Crippen LogP contribution in [-0.2, 0) is 6.42 Å². The highest BCUT2D eigenvalue weighted by molar-refractivity contribution is 5.45. The first-order chi connectivity index (χ1) is 8.00. The van der Waals surface area contributed by atoms with Crippen LogP contribution in [-0.4, -0.2) is 6.04 Å². The van der Waals surface area contributed by atoms with Crippen LogP contribution < -0.4 is 5.32 Å². The predicted octanol–water partition coefficient (Wildman–Crippen LogP) is 4.49. The Labute approximate surface area is 106 Å². The highest BCUT2D eigenvalue weighted by Crippen LogP contribution is 2.42. The third-order valence-corrected chi connectivity index (χ3v) is 4.05. The van der Waals surface area contributed by atoms with E-state index in [9.17, 15) is 0 Å². The van der Waals surface area contributed by atoms with Gasteiger partial charge in [-0.2, -0.15) is 0 Å². The number of anilines is 1. The Kier molecular flexibility index (Phi) is 3.46. The van der Waals surface area contributed by atoms with E-state index in [1.807, 2.05) is 0 Å². The van der Waals surface area contributed by atoms with E-state index in [0.29, 0.717) is 11.5 Å². The second-order valence-electron chi connectivity index (χ2n) is 6.35. The summed E-state index contributed by atoms with van der Waals surface area (Å²) in [6.07, 6.45) is 3.73. The van der Waals surface area contributed by atoms with Gasteiger partial charge in [0.15, 0.2) is 0 Å². The van der Waals surface area contributed by atoms with Crippen molar-refractivity contribution in [2.75, 3.05) is 5.32 Å². The van der Waals surface area contributed by atoms with Crippen molar-refractivity contribution in [1.82, 2.24) is 0 Å². The number of nitrogens with one attached hydrogen (secondary N) is 1. The summed E-state index contributed by atoms with van der Waals surface area (Å²) in [7, 11) is 0. The van der Waals surface area contributed by atoms with Gasteiger partial charge in [0.1, 0.15) is 0 Å². The molecule has 0 saturated heterocycles. The van der Waals surface area contributed by atoms with Gasteiger partial charge >= 0.3 is 0 Å². The van der Waals surface area contributed by atoms with E-state index in [0.717, 1.165) is 12.3 Å². The molecule has 0 amide bonds. The van der Waals surface area contributed by atoms with Crippen LogP contribution in [0.15, 0.2) is 24.3 Å². The molecule has 0 heterocycles. The third-order valence-electron chi connectivity index (χ3n) is 4.05. The molecule has 1 saturated carbocycles. The fourth-order valence-electron chi connectivity index (χ4n) is 3.14. The molecule has 1 aromatic rings. The van der Waals surface area contributed by atoms with Crippen LogP contribution in [0.1, 0.15) is 46.1 Å². The molecule has 1 heteroatoms. The lowest BCUT2D eigenvalue weighted by molar-refractivity contribution is 0.366. The topological polar surface area (TPSA) is 12.0 Å². The Morgan fingerprint density at radius 3 is 2.29 bits per heavy atom. The zero-order valence-electron chi connectivity index (χ0n) is 11.6. The summed E-state index contributed by atoms with van der Waals surface area (Å²) in [6, 6.07) is 9.53. The number of hydrogen-bond donors (Lipinski definition) is 1. The Hall–Kier alpha value is -0.980. The Balaban J connectivity index is 2.01. The van der Waals surface area contributed by atoms with Gasteiger partial charge in [-0.15, -0.1) is 0 Å². The largest absolute Gasteiger partial charge is 0.382 e. The maximum atomic E-state index is 3.70. The highest BCUT2D eigenvalue weighted by Gasteiger charge is 2.36. The van der Waals surface area contributed by atoms with E-state index in [1.54, 1.807) is 0 Å². The minimum absolute atomic E-state index is 0.500. The van der Waals surface area contributed by atoms with Crippen LogP contribution in [0.25, 0.3) is 0 Å². The molecule has 1 N–H and O–H groups in total. The summed E-state index contributed by atoms with van der Waals surface area (Å²) in [5.41, 5.74) is 3.19. The molecule has 0 bridgehead atoms. The lowest BCUT2D eigenvalue weighted by atomic mass is 9.91. The Bertz CT molecular complexity index is 364. The van der Waals surface area contributed by atoms with Crippen molar-refractivity contribution in [2.45, 2.75) is 53.0 Å². The first-order valence-corrected chi connectivity index (χ1v) is 6.85. The first-order valence-electron chi connectivity index (χ1n) is 6.85. The van der Waals surface area contributed by atoms with E-state index in [2.05, 4.69) is 57.3 Å². The molecular weight excluding hydrogens is 206 g/mol. The summed E-state index contributed by atoms with van der Waals surface area (Å²) < 4.78 is 0. The van der Waals surface area contributed by atoms with E-state index >= 15 is 0 Å². The fourth-order valence-corrected chi connectivity index (χ4v) is 3.14. The summed E-state index contributed by atoms with van der Waals surface area (Å²) in [5, 5.41) is 3.70. The van der Waals surface area contributed by atoms with Gasteiger partial charge < -0.3 is 5.32 Å². The molecule has 2 rings (SSSR count). The van der Waals surface area contributed by atoms with Gasteiger partial charge in [-0.25, -0.2) is 0 Å². The molecule has 1 aliphatic rings. The fraction of sp³-hybridized carbons (Fsp3) is 0.625. The normalized spacial score (nSPS) is 27.1.